The van der Waals surface area contributed by atoms with Gasteiger partial charge in [-0.3, -0.25) is 0 Å². The van der Waals surface area contributed by atoms with Gasteiger partial charge in [0.05, 0.1) is 15.5 Å². The zero-order valence-electron chi connectivity index (χ0n) is 12.4. The molecule has 3 aromatic rings. The average molecular weight is 386 g/mol. The van der Waals surface area contributed by atoms with Crippen molar-refractivity contribution in [3.63, 3.8) is 0 Å². The molecule has 0 saturated heterocycles. The van der Waals surface area contributed by atoms with Crippen LogP contribution in [0.3, 0.4) is 0 Å². The van der Waals surface area contributed by atoms with Gasteiger partial charge in [-0.05, 0) is 30.5 Å². The lowest BCUT2D eigenvalue weighted by Gasteiger charge is -2.06. The molecule has 0 atom stereocenters. The highest BCUT2D eigenvalue weighted by atomic mass is 32.2. The molecule has 0 aliphatic rings. The Balaban J connectivity index is 1.80. The van der Waals surface area contributed by atoms with Crippen LogP contribution in [0, 0.1) is 18.6 Å². The Labute approximate surface area is 145 Å². The van der Waals surface area contributed by atoms with Crippen LogP contribution in [0.25, 0.3) is 9.88 Å². The summed E-state index contributed by atoms with van der Waals surface area (Å²) in [6.07, 6.45) is 0. The second-order valence-electron chi connectivity index (χ2n) is 4.93. The van der Waals surface area contributed by atoms with E-state index in [2.05, 4.69) is 9.71 Å². The third-order valence-corrected chi connectivity index (χ3v) is 6.77. The fourth-order valence-corrected chi connectivity index (χ4v) is 4.95. The van der Waals surface area contributed by atoms with E-state index < -0.39 is 26.6 Å². The van der Waals surface area contributed by atoms with Crippen molar-refractivity contribution in [1.29, 1.82) is 0 Å². The summed E-state index contributed by atoms with van der Waals surface area (Å²) < 4.78 is 53.2. The standard InChI is InChI=1S/C15H12F2N2O2S3/c1-9-14(23-15(19-9)13-3-2-4-22-13)8-18-24(20,21)12-6-10(16)5-11(17)7-12/h2-7,18H,8H2,1H3. The first-order chi connectivity index (χ1) is 11.3. The first-order valence-corrected chi connectivity index (χ1v) is 9.99. The molecule has 3 rings (SSSR count). The highest BCUT2D eigenvalue weighted by Gasteiger charge is 2.18. The number of nitrogens with one attached hydrogen (secondary N) is 1. The number of thiophene rings is 1. The van der Waals surface area contributed by atoms with Gasteiger partial charge < -0.3 is 0 Å². The molecule has 0 aliphatic heterocycles. The molecule has 0 saturated carbocycles. The molecule has 0 radical (unpaired) electrons. The first-order valence-electron chi connectivity index (χ1n) is 6.81. The number of nitrogens with zero attached hydrogens (tertiary/aromatic N) is 1. The fourth-order valence-electron chi connectivity index (χ4n) is 2.03. The van der Waals surface area contributed by atoms with Crippen LogP contribution >= 0.6 is 22.7 Å². The van der Waals surface area contributed by atoms with E-state index in [0.717, 1.165) is 32.6 Å². The summed E-state index contributed by atoms with van der Waals surface area (Å²) in [5, 5.41) is 2.75. The van der Waals surface area contributed by atoms with Crippen molar-refractivity contribution in [1.82, 2.24) is 9.71 Å². The molecule has 0 amide bonds. The van der Waals surface area contributed by atoms with E-state index in [1.807, 2.05) is 17.5 Å². The molecule has 1 aromatic carbocycles. The van der Waals surface area contributed by atoms with E-state index in [9.17, 15) is 17.2 Å². The second-order valence-corrected chi connectivity index (χ2v) is 8.73. The summed E-state index contributed by atoms with van der Waals surface area (Å²) in [7, 11) is -4.01. The van der Waals surface area contributed by atoms with Crippen molar-refractivity contribution < 1.29 is 17.2 Å². The molecule has 2 aromatic heterocycles. The molecule has 0 aliphatic carbocycles. The van der Waals surface area contributed by atoms with Gasteiger partial charge in [0.25, 0.3) is 0 Å². The molecule has 4 nitrogen and oxygen atoms in total. The minimum Gasteiger partial charge on any atom is -0.240 e. The summed E-state index contributed by atoms with van der Waals surface area (Å²) in [6.45, 7) is 1.80. The first kappa shape index (κ1) is 17.2. The molecular weight excluding hydrogens is 374 g/mol. The maximum Gasteiger partial charge on any atom is 0.241 e. The lowest BCUT2D eigenvalue weighted by Crippen LogP contribution is -2.23. The summed E-state index contributed by atoms with van der Waals surface area (Å²) in [6, 6.07) is 6.04. The van der Waals surface area contributed by atoms with Crippen molar-refractivity contribution >= 4 is 32.7 Å². The van der Waals surface area contributed by atoms with Gasteiger partial charge in [0.1, 0.15) is 16.6 Å². The van der Waals surface area contributed by atoms with E-state index >= 15 is 0 Å². The topological polar surface area (TPSA) is 59.1 Å². The van der Waals surface area contributed by atoms with Crippen LogP contribution in [0.1, 0.15) is 10.6 Å². The van der Waals surface area contributed by atoms with Gasteiger partial charge in [-0.2, -0.15) is 0 Å². The van der Waals surface area contributed by atoms with Crippen LogP contribution in [0.5, 0.6) is 0 Å². The van der Waals surface area contributed by atoms with Crippen LogP contribution < -0.4 is 4.72 Å². The minimum atomic E-state index is -4.01. The number of thiazole rings is 1. The Kier molecular flexibility index (Phi) is 4.77. The fraction of sp³-hybridized carbons (Fsp3) is 0.133. The highest BCUT2D eigenvalue weighted by molar-refractivity contribution is 7.89. The van der Waals surface area contributed by atoms with Gasteiger partial charge in [0.15, 0.2) is 0 Å². The van der Waals surface area contributed by atoms with Crippen LogP contribution in [-0.4, -0.2) is 13.4 Å². The zero-order chi connectivity index (χ0) is 17.3. The second kappa shape index (κ2) is 6.67. The number of aryl methyl sites for hydroxylation is 1. The van der Waals surface area contributed by atoms with Gasteiger partial charge in [0, 0.05) is 17.5 Å². The third kappa shape index (κ3) is 3.69. The SMILES string of the molecule is Cc1nc(-c2cccs2)sc1CNS(=O)(=O)c1cc(F)cc(F)c1. The normalized spacial score (nSPS) is 11.8. The Hall–Kier alpha value is -1.68. The number of rotatable bonds is 5. The summed E-state index contributed by atoms with van der Waals surface area (Å²) in [5.41, 5.74) is 0.719. The monoisotopic (exact) mass is 386 g/mol. The summed E-state index contributed by atoms with van der Waals surface area (Å²) in [5.74, 6) is -1.88. The van der Waals surface area contributed by atoms with Crippen molar-refractivity contribution in [2.75, 3.05) is 0 Å². The van der Waals surface area contributed by atoms with Gasteiger partial charge in [-0.25, -0.2) is 26.9 Å². The number of halogens is 2. The van der Waals surface area contributed by atoms with Crippen LogP contribution in [0.2, 0.25) is 0 Å². The molecule has 9 heteroatoms. The number of hydrogen-bond acceptors (Lipinski definition) is 5. The molecule has 126 valence electrons. The van der Waals surface area contributed by atoms with Crippen molar-refractivity contribution in [2.24, 2.45) is 0 Å². The molecule has 24 heavy (non-hydrogen) atoms. The smallest absolute Gasteiger partial charge is 0.240 e. The Morgan fingerprint density at radius 3 is 2.54 bits per heavy atom. The maximum absolute atomic E-state index is 13.2. The largest absolute Gasteiger partial charge is 0.241 e. The van der Waals surface area contributed by atoms with Crippen molar-refractivity contribution in [2.45, 2.75) is 18.4 Å². The van der Waals surface area contributed by atoms with Crippen LogP contribution in [-0.2, 0) is 16.6 Å². The van der Waals surface area contributed by atoms with E-state index in [0.29, 0.717) is 6.07 Å². The molecule has 0 bridgehead atoms. The van der Waals surface area contributed by atoms with Gasteiger partial charge >= 0.3 is 0 Å². The lowest BCUT2D eigenvalue weighted by atomic mass is 10.3. The highest BCUT2D eigenvalue weighted by Crippen LogP contribution is 2.31. The number of aromatic nitrogens is 1. The molecular formula is C15H12F2N2O2S3. The van der Waals surface area contributed by atoms with Crippen LogP contribution in [0.4, 0.5) is 8.78 Å². The number of sulfonamides is 1. The van der Waals surface area contributed by atoms with E-state index in [4.69, 9.17) is 0 Å². The van der Waals surface area contributed by atoms with E-state index in [-0.39, 0.29) is 6.54 Å². The van der Waals surface area contributed by atoms with Crippen LogP contribution in [0.15, 0.2) is 40.6 Å². The van der Waals surface area contributed by atoms with Crippen molar-refractivity contribution in [3.05, 3.63) is 57.9 Å². The predicted octanol–water partition coefficient (Wildman–Crippen LogP) is 3.94. The molecule has 2 heterocycles. The predicted molar refractivity (Wildman–Crippen MR) is 90.5 cm³/mol. The quantitative estimate of drug-likeness (QED) is 0.723. The molecule has 0 spiro atoms. The minimum absolute atomic E-state index is 0.00927. The van der Waals surface area contributed by atoms with Gasteiger partial charge in [0.2, 0.25) is 10.0 Å². The van der Waals surface area contributed by atoms with E-state index in [1.54, 1.807) is 18.3 Å². The lowest BCUT2D eigenvalue weighted by molar-refractivity contribution is 0.561. The maximum atomic E-state index is 13.2. The zero-order valence-corrected chi connectivity index (χ0v) is 14.9. The average Bonchev–Trinajstić information content (AvgIpc) is 3.13. The summed E-state index contributed by atoms with van der Waals surface area (Å²) >= 11 is 2.93. The molecule has 0 unspecified atom stereocenters. The third-order valence-electron chi connectivity index (χ3n) is 3.19. The Bertz CT molecular complexity index is 947. The van der Waals surface area contributed by atoms with Gasteiger partial charge in [-0.1, -0.05) is 6.07 Å². The molecule has 1 N–H and O–H groups in total. The Morgan fingerprint density at radius 2 is 1.92 bits per heavy atom. The number of benzene rings is 1. The van der Waals surface area contributed by atoms with Crippen molar-refractivity contribution in [3.8, 4) is 9.88 Å². The summed E-state index contributed by atoms with van der Waals surface area (Å²) in [4.78, 5) is 5.74. The molecule has 0 fully saturated rings. The van der Waals surface area contributed by atoms with E-state index in [1.165, 1.54) is 11.3 Å². The van der Waals surface area contributed by atoms with Gasteiger partial charge in [-0.15, -0.1) is 22.7 Å². The Morgan fingerprint density at radius 1 is 1.21 bits per heavy atom. The number of hydrogen-bond donors (Lipinski definition) is 1.